The van der Waals surface area contributed by atoms with E-state index in [0.717, 1.165) is 69.7 Å². The molecule has 1 aromatic heterocycles. The number of carbonyl (C=O) groups excluding carboxylic acids is 5. The van der Waals surface area contributed by atoms with Gasteiger partial charge in [0, 0.05) is 68.5 Å². The van der Waals surface area contributed by atoms with Gasteiger partial charge in [-0.15, -0.1) is 5.06 Å². The fraction of sp³-hybridized carbons (Fsp3) is 0.632. The number of quaternary nitrogens is 1. The minimum absolute atomic E-state index is 0.0492. The molecule has 0 spiro atoms. The number of halogens is 2. The Morgan fingerprint density at radius 3 is 2.30 bits per heavy atom. The second-order valence-electron chi connectivity index (χ2n) is 16.1. The van der Waals surface area contributed by atoms with E-state index >= 15 is 8.63 Å². The van der Waals surface area contributed by atoms with E-state index in [0.29, 0.717) is 35.0 Å². The standard InChI is InChI=1S/C38H57BF2N6O9S/c1-6-7-8-9-10-14-29-24-30(45-33(29)25-32-28(15-13-22-47(3,4)5)23-27(2)44(32)39(45,40)41)17-18-34(48)43-31(26-57(53,54)55)38(52)42-21-12-11-16-37(51)56-46-35(49)19-20-36(46)50/h23-25,31H,6-22,26H2,1-5H3,(H2-,42,43,48,52,53,54,55). The van der Waals surface area contributed by atoms with E-state index in [2.05, 4.69) is 38.7 Å². The van der Waals surface area contributed by atoms with Crippen LogP contribution in [-0.2, 0) is 45.3 Å². The molecule has 4 rings (SSSR count). The van der Waals surface area contributed by atoms with Crippen LogP contribution in [0.5, 0.6) is 0 Å². The SMILES string of the molecule is CCCCCCCC1=CC(CCC(=O)NC(CS(=O)(=O)[O-])C(=O)NCCCCC(=O)ON2C(=O)CCC2=O)=[N+]2C1=Cc1c(CCC[N+](C)(C)C)cc(C)n1[B-]2(F)F. The summed E-state index contributed by atoms with van der Waals surface area (Å²) < 4.78 is 71.4. The molecule has 4 heterocycles. The topological polar surface area (TPSA) is 187 Å². The third kappa shape index (κ3) is 12.6. The third-order valence-corrected chi connectivity index (χ3v) is 11.0. The van der Waals surface area contributed by atoms with E-state index in [-0.39, 0.29) is 57.2 Å². The fourth-order valence-electron chi connectivity index (χ4n) is 7.43. The number of nitrogens with one attached hydrogen (secondary N) is 2. The van der Waals surface area contributed by atoms with Crippen molar-refractivity contribution in [3.63, 3.8) is 0 Å². The molecule has 0 aromatic carbocycles. The average molecular weight is 823 g/mol. The molecule has 0 radical (unpaired) electrons. The molecule has 1 atom stereocenters. The van der Waals surface area contributed by atoms with Gasteiger partial charge in [-0.1, -0.05) is 32.6 Å². The summed E-state index contributed by atoms with van der Waals surface area (Å²) >= 11 is 0. The number of hydrogen-bond acceptors (Lipinski definition) is 9. The summed E-state index contributed by atoms with van der Waals surface area (Å²) in [6.45, 7) is 0.249. The number of carbonyl (C=O) groups is 5. The Labute approximate surface area is 333 Å². The molecule has 316 valence electrons. The predicted molar refractivity (Wildman–Crippen MR) is 208 cm³/mol. The highest BCUT2D eigenvalue weighted by atomic mass is 32.2. The van der Waals surface area contributed by atoms with Crippen molar-refractivity contribution in [1.29, 1.82) is 0 Å². The summed E-state index contributed by atoms with van der Waals surface area (Å²) in [4.78, 5) is 66.2. The number of allylic oxidation sites excluding steroid dienone is 2. The Kier molecular flexibility index (Phi) is 15.5. The third-order valence-electron chi connectivity index (χ3n) is 10.2. The van der Waals surface area contributed by atoms with Crippen LogP contribution in [0.3, 0.4) is 0 Å². The van der Waals surface area contributed by atoms with Gasteiger partial charge < -0.3 is 42.1 Å². The van der Waals surface area contributed by atoms with Gasteiger partial charge in [0.1, 0.15) is 11.8 Å². The highest BCUT2D eigenvalue weighted by Crippen LogP contribution is 2.39. The molecular formula is C38H57BF2N6O9S. The highest BCUT2D eigenvalue weighted by Gasteiger charge is 2.54. The molecule has 3 aliphatic rings. The average Bonchev–Trinajstić information content (AvgIpc) is 3.74. The van der Waals surface area contributed by atoms with Crippen LogP contribution in [0.1, 0.15) is 114 Å². The number of imide groups is 1. The Hall–Kier alpha value is -4.23. The maximum absolute atomic E-state index is 16.8. The molecule has 19 heteroatoms. The van der Waals surface area contributed by atoms with Crippen molar-refractivity contribution in [2.75, 3.05) is 40.0 Å². The molecule has 1 saturated heterocycles. The molecule has 3 aliphatic heterocycles. The molecule has 0 bridgehead atoms. The number of amides is 4. The zero-order chi connectivity index (χ0) is 42.1. The van der Waals surface area contributed by atoms with Gasteiger partial charge in [0.05, 0.1) is 43.6 Å². The van der Waals surface area contributed by atoms with Gasteiger partial charge >= 0.3 is 12.9 Å². The van der Waals surface area contributed by atoms with E-state index in [1.807, 2.05) is 12.1 Å². The summed E-state index contributed by atoms with van der Waals surface area (Å²) in [5, 5.41) is 5.15. The number of rotatable bonds is 23. The highest BCUT2D eigenvalue weighted by molar-refractivity contribution is 7.85. The number of fused-ring (bicyclic) bond motifs is 2. The summed E-state index contributed by atoms with van der Waals surface area (Å²) in [6.07, 6.45) is 10.1. The van der Waals surface area contributed by atoms with E-state index in [1.54, 1.807) is 13.0 Å². The lowest BCUT2D eigenvalue weighted by molar-refractivity contribution is -0.870. The van der Waals surface area contributed by atoms with Crippen molar-refractivity contribution >= 4 is 58.5 Å². The largest absolute Gasteiger partial charge is 0.748 e. The molecule has 2 N–H and O–H groups in total. The molecule has 57 heavy (non-hydrogen) atoms. The van der Waals surface area contributed by atoms with E-state index in [1.165, 1.54) is 0 Å². The van der Waals surface area contributed by atoms with Crippen LogP contribution in [0.4, 0.5) is 8.63 Å². The number of aryl methyl sites for hydroxylation is 2. The Bertz CT molecular complexity index is 1900. The number of aromatic nitrogens is 1. The molecular weight excluding hydrogens is 765 g/mol. The summed E-state index contributed by atoms with van der Waals surface area (Å²) in [5.41, 5.74) is 3.17. The zero-order valence-corrected chi connectivity index (χ0v) is 34.6. The van der Waals surface area contributed by atoms with Gasteiger partial charge in [0.15, 0.2) is 5.70 Å². The van der Waals surface area contributed by atoms with Crippen molar-refractivity contribution in [1.82, 2.24) is 20.2 Å². The van der Waals surface area contributed by atoms with Crippen LogP contribution in [0.15, 0.2) is 23.4 Å². The molecule has 15 nitrogen and oxygen atoms in total. The molecule has 1 unspecified atom stereocenters. The fourth-order valence-corrected chi connectivity index (χ4v) is 8.07. The second kappa shape index (κ2) is 19.5. The smallest absolute Gasteiger partial charge is 0.737 e. The van der Waals surface area contributed by atoms with Gasteiger partial charge in [-0.05, 0) is 56.4 Å². The number of hydrogen-bond donors (Lipinski definition) is 2. The molecule has 1 fully saturated rings. The van der Waals surface area contributed by atoms with Crippen molar-refractivity contribution < 1.29 is 59.4 Å². The first kappa shape index (κ1) is 45.5. The molecule has 0 aliphatic carbocycles. The maximum Gasteiger partial charge on any atom is 0.737 e. The first-order chi connectivity index (χ1) is 26.7. The van der Waals surface area contributed by atoms with Gasteiger partial charge in [-0.2, -0.15) is 0 Å². The molecule has 1 aromatic rings. The second-order valence-corrected chi connectivity index (χ2v) is 17.6. The van der Waals surface area contributed by atoms with Crippen molar-refractivity contribution in [3.8, 4) is 0 Å². The van der Waals surface area contributed by atoms with Crippen molar-refractivity contribution in [2.24, 2.45) is 0 Å². The van der Waals surface area contributed by atoms with Gasteiger partial charge in [-0.25, -0.2) is 13.2 Å². The van der Waals surface area contributed by atoms with E-state index in [9.17, 15) is 36.9 Å². The Morgan fingerprint density at radius 2 is 1.65 bits per heavy atom. The molecule has 0 saturated carbocycles. The van der Waals surface area contributed by atoms with Gasteiger partial charge in [0.2, 0.25) is 11.8 Å². The van der Waals surface area contributed by atoms with E-state index < -0.39 is 58.5 Å². The van der Waals surface area contributed by atoms with Crippen LogP contribution < -0.4 is 10.6 Å². The summed E-state index contributed by atoms with van der Waals surface area (Å²) in [7, 11) is 1.28. The summed E-state index contributed by atoms with van der Waals surface area (Å²) in [6, 6.07) is 0.0726. The van der Waals surface area contributed by atoms with Crippen LogP contribution >= 0.6 is 0 Å². The monoisotopic (exact) mass is 822 g/mol. The quantitative estimate of drug-likeness (QED) is 0.0548. The van der Waals surface area contributed by atoms with E-state index in [4.69, 9.17) is 4.84 Å². The molecule has 4 amide bonds. The number of hydroxylamine groups is 2. The Morgan fingerprint density at radius 1 is 0.965 bits per heavy atom. The van der Waals surface area contributed by atoms with Crippen LogP contribution in [0.2, 0.25) is 0 Å². The summed E-state index contributed by atoms with van der Waals surface area (Å²) in [5.74, 6) is -5.07. The zero-order valence-electron chi connectivity index (χ0n) is 33.7. The van der Waals surface area contributed by atoms with Crippen LogP contribution in [0.25, 0.3) is 6.08 Å². The minimum Gasteiger partial charge on any atom is -0.748 e. The lowest BCUT2D eigenvalue weighted by Crippen LogP contribution is -2.51. The number of unbranched alkanes of at least 4 members (excludes halogenated alkanes) is 5. The van der Waals surface area contributed by atoms with Crippen molar-refractivity contribution in [3.05, 3.63) is 40.4 Å². The number of nitrogens with zero attached hydrogens (tertiary/aromatic N) is 4. The minimum atomic E-state index is -4.99. The van der Waals surface area contributed by atoms with Gasteiger partial charge in [-0.3, -0.25) is 19.2 Å². The lowest BCUT2D eigenvalue weighted by atomic mass is 9.88. The predicted octanol–water partition coefficient (Wildman–Crippen LogP) is 3.47. The van der Waals surface area contributed by atoms with Crippen LogP contribution in [-0.4, -0.2) is 120 Å². The first-order valence-electron chi connectivity index (χ1n) is 19.9. The Balaban J connectivity index is 1.43. The van der Waals surface area contributed by atoms with Crippen molar-refractivity contribution in [2.45, 2.75) is 116 Å². The van der Waals surface area contributed by atoms with Crippen LogP contribution in [0, 0.1) is 6.92 Å². The normalized spacial score (nSPS) is 16.9. The first-order valence-corrected chi connectivity index (χ1v) is 21.5. The maximum atomic E-state index is 16.8. The lowest BCUT2D eigenvalue weighted by Gasteiger charge is -2.31. The van der Waals surface area contributed by atoms with Gasteiger partial charge in [0.25, 0.3) is 11.8 Å².